The van der Waals surface area contributed by atoms with E-state index in [0.717, 1.165) is 25.0 Å². The van der Waals surface area contributed by atoms with Crippen LogP contribution in [0.1, 0.15) is 61.5 Å². The van der Waals surface area contributed by atoms with Crippen LogP contribution in [0.15, 0.2) is 71.6 Å². The number of hydrogen-bond acceptors (Lipinski definition) is 8. The Balaban J connectivity index is 1.61. The third-order valence-electron chi connectivity index (χ3n) is 8.90. The third-order valence-corrected chi connectivity index (χ3v) is 10.3. The van der Waals surface area contributed by atoms with Gasteiger partial charge in [0.2, 0.25) is 0 Å². The number of halogens is 3. The molecule has 1 aliphatic rings. The zero-order chi connectivity index (χ0) is 37.3. The molecular weight excluding hydrogens is 687 g/mol. The highest BCUT2D eigenvalue weighted by Crippen LogP contribution is 2.31. The molecule has 10 nitrogen and oxygen atoms in total. The largest absolute Gasteiger partial charge is 0.497 e. The van der Waals surface area contributed by atoms with Gasteiger partial charge >= 0.3 is 6.18 Å². The minimum absolute atomic E-state index is 0.0123. The summed E-state index contributed by atoms with van der Waals surface area (Å²) in [6.45, 7) is 6.73. The van der Waals surface area contributed by atoms with Crippen LogP contribution in [0.2, 0.25) is 0 Å². The molecule has 1 amide bonds. The Labute approximate surface area is 298 Å². The second-order valence-corrected chi connectivity index (χ2v) is 14.9. The predicted molar refractivity (Wildman–Crippen MR) is 188 cm³/mol. The van der Waals surface area contributed by atoms with Crippen LogP contribution < -0.4 is 14.2 Å². The Morgan fingerprint density at radius 3 is 2.37 bits per heavy atom. The van der Waals surface area contributed by atoms with Gasteiger partial charge in [-0.1, -0.05) is 19.1 Å². The number of anilines is 1. The van der Waals surface area contributed by atoms with E-state index in [9.17, 15) is 31.5 Å². The minimum Gasteiger partial charge on any atom is -0.497 e. The molecule has 0 aliphatic carbocycles. The molecule has 3 aromatic carbocycles. The molecule has 4 rings (SSSR count). The quantitative estimate of drug-likeness (QED) is 0.245. The number of alkyl halides is 3. The van der Waals surface area contributed by atoms with Crippen LogP contribution in [0, 0.1) is 5.92 Å². The van der Waals surface area contributed by atoms with E-state index in [4.69, 9.17) is 14.2 Å². The van der Waals surface area contributed by atoms with Crippen molar-refractivity contribution >= 4 is 21.6 Å². The number of hydrogen-bond donors (Lipinski definition) is 2. The van der Waals surface area contributed by atoms with Crippen molar-refractivity contribution in [2.75, 3.05) is 45.2 Å². The molecule has 0 spiro atoms. The zero-order valence-electron chi connectivity index (χ0n) is 29.7. The summed E-state index contributed by atoms with van der Waals surface area (Å²) < 4.78 is 86.1. The number of sulfonamides is 1. The van der Waals surface area contributed by atoms with Crippen molar-refractivity contribution in [1.29, 1.82) is 0 Å². The lowest BCUT2D eigenvalue weighted by Gasteiger charge is -2.36. The average Bonchev–Trinajstić information content (AvgIpc) is 3.09. The first-order chi connectivity index (χ1) is 24.1. The molecule has 2 N–H and O–H groups in total. The first-order valence-corrected chi connectivity index (χ1v) is 18.4. The fourth-order valence-corrected chi connectivity index (χ4v) is 6.95. The number of benzene rings is 3. The Kier molecular flexibility index (Phi) is 13.8. The Morgan fingerprint density at radius 2 is 1.75 bits per heavy atom. The summed E-state index contributed by atoms with van der Waals surface area (Å²) in [6.07, 6.45) is -2.81. The van der Waals surface area contributed by atoms with Gasteiger partial charge in [-0.3, -0.25) is 14.4 Å². The van der Waals surface area contributed by atoms with Crippen LogP contribution in [0.25, 0.3) is 0 Å². The molecule has 0 radical (unpaired) electrons. The number of ether oxygens (including phenoxy) is 3. The van der Waals surface area contributed by atoms with E-state index >= 15 is 0 Å². The van der Waals surface area contributed by atoms with E-state index < -0.39 is 33.7 Å². The fourth-order valence-electron chi connectivity index (χ4n) is 5.90. The topological polar surface area (TPSA) is 118 Å². The molecule has 3 aromatic rings. The van der Waals surface area contributed by atoms with Crippen LogP contribution in [-0.2, 0) is 27.5 Å². The van der Waals surface area contributed by atoms with E-state index in [1.54, 1.807) is 19.1 Å². The maximum Gasteiger partial charge on any atom is 0.416 e. The summed E-state index contributed by atoms with van der Waals surface area (Å²) in [4.78, 5) is 17.9. The van der Waals surface area contributed by atoms with Crippen molar-refractivity contribution in [3.05, 3.63) is 83.4 Å². The smallest absolute Gasteiger partial charge is 0.416 e. The molecule has 0 unspecified atom stereocenters. The van der Waals surface area contributed by atoms with E-state index in [2.05, 4.69) is 4.72 Å². The second-order valence-electron chi connectivity index (χ2n) is 13.2. The predicted octanol–water partition coefficient (Wildman–Crippen LogP) is 6.44. The highest BCUT2D eigenvalue weighted by atomic mass is 32.2. The van der Waals surface area contributed by atoms with Crippen molar-refractivity contribution in [2.45, 2.75) is 75.9 Å². The number of rotatable bonds is 10. The number of carbonyl (C=O) groups excluding carboxylic acids is 1. The van der Waals surface area contributed by atoms with Crippen LogP contribution >= 0.6 is 0 Å². The molecule has 1 heterocycles. The SMILES string of the molecule is COc1ccc(S(=O)(=O)Nc2ccc3c(c2)C(=O)N([C@H](C)CO)C[C@@H](C)[C@H](CN(C)Cc2ccc(C(F)(F)F)cc2)OCCCC[C@@H](C)O3)cc1. The first kappa shape index (κ1) is 39.9. The molecule has 51 heavy (non-hydrogen) atoms. The van der Waals surface area contributed by atoms with Crippen molar-refractivity contribution in [1.82, 2.24) is 9.80 Å². The number of methoxy groups -OCH3 is 1. The summed E-state index contributed by atoms with van der Waals surface area (Å²) in [7, 11) is -0.672. The van der Waals surface area contributed by atoms with E-state index in [1.165, 1.54) is 54.5 Å². The highest BCUT2D eigenvalue weighted by Gasteiger charge is 2.32. The molecule has 4 atom stereocenters. The summed E-state index contributed by atoms with van der Waals surface area (Å²) in [5.74, 6) is 0.109. The normalized spacial score (nSPS) is 20.2. The van der Waals surface area contributed by atoms with Crippen molar-refractivity contribution < 1.29 is 45.7 Å². The van der Waals surface area contributed by atoms with Crippen molar-refractivity contribution in [3.63, 3.8) is 0 Å². The number of nitrogens with zero attached hydrogens (tertiary/aromatic N) is 2. The average molecular weight is 736 g/mol. The fraction of sp³-hybridized carbons (Fsp3) is 0.486. The molecule has 14 heteroatoms. The molecule has 0 fully saturated rings. The lowest BCUT2D eigenvalue weighted by atomic mass is 10.0. The summed E-state index contributed by atoms with van der Waals surface area (Å²) in [5, 5.41) is 10.2. The van der Waals surface area contributed by atoms with E-state index in [0.29, 0.717) is 43.2 Å². The van der Waals surface area contributed by atoms with Gasteiger partial charge in [-0.25, -0.2) is 8.42 Å². The van der Waals surface area contributed by atoms with Gasteiger partial charge in [-0.15, -0.1) is 0 Å². The summed E-state index contributed by atoms with van der Waals surface area (Å²) in [6, 6.07) is 14.9. The summed E-state index contributed by atoms with van der Waals surface area (Å²) in [5.41, 5.74) is 0.306. The number of carbonyl (C=O) groups is 1. The lowest BCUT2D eigenvalue weighted by Crippen LogP contribution is -2.47. The number of aliphatic hydroxyl groups excluding tert-OH is 1. The molecule has 0 saturated carbocycles. The number of likely N-dealkylation sites (N-methyl/N-ethyl adjacent to an activating group) is 1. The van der Waals surface area contributed by atoms with Crippen LogP contribution in [-0.4, -0.2) is 87.9 Å². The maximum absolute atomic E-state index is 14.4. The minimum atomic E-state index is -4.41. The molecule has 1 aliphatic heterocycles. The van der Waals surface area contributed by atoms with Gasteiger partial charge in [0.1, 0.15) is 11.5 Å². The molecular formula is C37H48F3N3O7S. The Morgan fingerprint density at radius 1 is 1.06 bits per heavy atom. The second kappa shape index (κ2) is 17.6. The van der Waals surface area contributed by atoms with Gasteiger partial charge in [-0.2, -0.15) is 13.2 Å². The molecule has 0 saturated heterocycles. The third kappa shape index (κ3) is 11.1. The van der Waals surface area contributed by atoms with Crippen LogP contribution in [0.3, 0.4) is 0 Å². The van der Waals surface area contributed by atoms with Gasteiger partial charge in [0.15, 0.2) is 0 Å². The maximum atomic E-state index is 14.4. The van der Waals surface area contributed by atoms with Crippen molar-refractivity contribution in [2.24, 2.45) is 5.92 Å². The van der Waals surface area contributed by atoms with Crippen LogP contribution in [0.4, 0.5) is 18.9 Å². The number of fused-ring (bicyclic) bond motifs is 1. The van der Waals surface area contributed by atoms with E-state index in [-0.39, 0.29) is 47.4 Å². The van der Waals surface area contributed by atoms with Gasteiger partial charge in [0, 0.05) is 37.8 Å². The van der Waals surface area contributed by atoms with E-state index in [1.807, 2.05) is 25.8 Å². The van der Waals surface area contributed by atoms with Gasteiger partial charge in [0.25, 0.3) is 15.9 Å². The van der Waals surface area contributed by atoms with Gasteiger partial charge in [0.05, 0.1) is 48.0 Å². The monoisotopic (exact) mass is 735 g/mol. The molecule has 0 aromatic heterocycles. The van der Waals surface area contributed by atoms with Gasteiger partial charge in [-0.05, 0) is 100 Å². The van der Waals surface area contributed by atoms with Crippen LogP contribution in [0.5, 0.6) is 11.5 Å². The molecule has 280 valence electrons. The Bertz CT molecular complexity index is 1690. The lowest BCUT2D eigenvalue weighted by molar-refractivity contribution is -0.137. The first-order valence-electron chi connectivity index (χ1n) is 17.0. The van der Waals surface area contributed by atoms with Gasteiger partial charge < -0.3 is 24.2 Å². The summed E-state index contributed by atoms with van der Waals surface area (Å²) >= 11 is 0. The number of amides is 1. The zero-order valence-corrected chi connectivity index (χ0v) is 30.5. The highest BCUT2D eigenvalue weighted by molar-refractivity contribution is 7.92. The molecule has 0 bridgehead atoms. The number of nitrogens with one attached hydrogen (secondary N) is 1. The Hall–Kier alpha value is -3.85. The van der Waals surface area contributed by atoms with Crippen molar-refractivity contribution in [3.8, 4) is 11.5 Å². The number of aliphatic hydroxyl groups is 1. The standard InChI is InChI=1S/C37H48F3N3O7S/c1-25-21-43(26(2)24-44)36(45)33-20-30(41-51(46,47)32-16-14-31(48-5)15-17-32)13-18-34(33)50-27(3)8-6-7-19-49-35(25)23-42(4)22-28-9-11-29(12-10-28)37(38,39)40/h9-18,20,25-27,35,41,44H,6-8,19,21-24H2,1-5H3/t25-,26-,27-,35+/m1/s1.